The molecule has 3 heterocycles. The van der Waals surface area contributed by atoms with Crippen molar-refractivity contribution in [1.29, 1.82) is 0 Å². The van der Waals surface area contributed by atoms with Gasteiger partial charge < -0.3 is 29.6 Å². The summed E-state index contributed by atoms with van der Waals surface area (Å²) in [6, 6.07) is 31.8. The molecule has 0 radical (unpaired) electrons. The summed E-state index contributed by atoms with van der Waals surface area (Å²) in [7, 11) is 6.43. The number of nitrogens with one attached hydrogen (secondary N) is 2. The lowest BCUT2D eigenvalue weighted by atomic mass is 9.95. The van der Waals surface area contributed by atoms with E-state index in [1.807, 2.05) is 84.9 Å². The smallest absolute Gasteiger partial charge is 0.256 e. The van der Waals surface area contributed by atoms with Crippen molar-refractivity contribution in [1.82, 2.24) is 4.98 Å². The van der Waals surface area contributed by atoms with Gasteiger partial charge in [-0.05, 0) is 113 Å². The number of anilines is 2. The van der Waals surface area contributed by atoms with Crippen molar-refractivity contribution in [3.63, 3.8) is 0 Å². The van der Waals surface area contributed by atoms with Crippen LogP contribution in [0.15, 0.2) is 116 Å². The van der Waals surface area contributed by atoms with Gasteiger partial charge in [0.25, 0.3) is 11.8 Å². The Morgan fingerprint density at radius 2 is 1.18 bits per heavy atom. The normalized spacial score (nSPS) is 14.0. The van der Waals surface area contributed by atoms with Crippen molar-refractivity contribution < 1.29 is 28.5 Å². The lowest BCUT2D eigenvalue weighted by Gasteiger charge is -2.14. The minimum absolute atomic E-state index is 0.138. The van der Waals surface area contributed by atoms with E-state index < -0.39 is 0 Å². The number of methoxy groups -OCH3 is 4. The molecule has 8 rings (SSSR count). The highest BCUT2D eigenvalue weighted by molar-refractivity contribution is 6.38. The number of fused-ring (bicyclic) bond motifs is 2. The molecule has 56 heavy (non-hydrogen) atoms. The molecule has 1 aromatic heterocycles. The van der Waals surface area contributed by atoms with Crippen molar-refractivity contribution in [3.8, 4) is 45.3 Å². The second-order valence-electron chi connectivity index (χ2n) is 12.6. The Morgan fingerprint density at radius 1 is 0.554 bits per heavy atom. The van der Waals surface area contributed by atoms with E-state index in [0.29, 0.717) is 32.7 Å². The summed E-state index contributed by atoms with van der Waals surface area (Å²) in [5.74, 6) is 2.33. The van der Waals surface area contributed by atoms with Crippen LogP contribution in [0, 0.1) is 0 Å². The highest BCUT2D eigenvalue weighted by Gasteiger charge is 2.26. The number of carbonyl (C=O) groups is 2. The zero-order chi connectivity index (χ0) is 39.3. The number of hydrogen-bond acceptors (Lipinski definition) is 7. The zero-order valence-electron chi connectivity index (χ0n) is 30.8. The Kier molecular flexibility index (Phi) is 11.1. The van der Waals surface area contributed by atoms with Gasteiger partial charge in [0.2, 0.25) is 0 Å². The van der Waals surface area contributed by atoms with Crippen molar-refractivity contribution in [3.05, 3.63) is 148 Å². The summed E-state index contributed by atoms with van der Waals surface area (Å²) < 4.78 is 21.8. The molecule has 2 aliphatic heterocycles. The van der Waals surface area contributed by atoms with Crippen LogP contribution < -0.4 is 29.6 Å². The van der Waals surface area contributed by atoms with Crippen LogP contribution in [0.3, 0.4) is 0 Å². The molecule has 0 bridgehead atoms. The summed E-state index contributed by atoms with van der Waals surface area (Å²) in [5.41, 5.74) is 9.55. The largest absolute Gasteiger partial charge is 0.497 e. The van der Waals surface area contributed by atoms with E-state index in [1.54, 1.807) is 71.2 Å². The molecule has 280 valence electrons. The summed E-state index contributed by atoms with van der Waals surface area (Å²) in [5, 5.41) is 6.91. The molecule has 9 nitrogen and oxygen atoms in total. The molecule has 0 atom stereocenters. The van der Waals surface area contributed by atoms with Crippen LogP contribution in [-0.2, 0) is 9.59 Å². The third kappa shape index (κ3) is 7.82. The third-order valence-corrected chi connectivity index (χ3v) is 9.74. The van der Waals surface area contributed by atoms with Crippen LogP contribution in [0.1, 0.15) is 22.3 Å². The molecular weight excluding hydrogens is 749 g/mol. The Balaban J connectivity index is 0.000000173. The SMILES string of the molecule is COc1ccc(C=C2C(=O)Nc3ccc(Cl)cc32)cc1-c1cccnc1.COc1cccc(-c2cc(OC)c(OC)cc2C=C2C(=O)Nc3ccc(Cl)cc32)c1. The highest BCUT2D eigenvalue weighted by atomic mass is 35.5. The third-order valence-electron chi connectivity index (χ3n) is 9.27. The monoisotopic (exact) mass is 783 g/mol. The molecule has 0 unspecified atom stereocenters. The minimum atomic E-state index is -0.182. The van der Waals surface area contributed by atoms with E-state index in [1.165, 1.54) is 0 Å². The topological polar surface area (TPSA) is 108 Å². The molecule has 6 aromatic rings. The van der Waals surface area contributed by atoms with Gasteiger partial charge in [0.05, 0.1) is 28.4 Å². The standard InChI is InChI=1S/C24H20ClNO4.C21H15ClN2O2/c1-28-17-6-4-5-14(9-17)18-13-23(30-3)22(29-2)11-15(18)10-20-19-12-16(25)7-8-21(19)26-24(20)27;1-26-20-7-4-13(9-16(20)14-3-2-8-23-12-14)10-18-17-11-15(22)5-6-19(17)24-21(18)25/h4-13H,1-3H3,(H,26,27);2-12H,1H3,(H,24,25). The quantitative estimate of drug-likeness (QED) is 0.148. The molecule has 0 aliphatic carbocycles. The van der Waals surface area contributed by atoms with E-state index in [-0.39, 0.29) is 11.8 Å². The number of benzene rings is 5. The Hall–Kier alpha value is -6.55. The first kappa shape index (κ1) is 37.8. The van der Waals surface area contributed by atoms with Gasteiger partial charge in [-0.15, -0.1) is 0 Å². The number of ether oxygens (including phenoxy) is 4. The number of pyridine rings is 1. The Morgan fingerprint density at radius 3 is 1.79 bits per heavy atom. The number of amides is 2. The van der Waals surface area contributed by atoms with Crippen LogP contribution in [0.4, 0.5) is 11.4 Å². The summed E-state index contributed by atoms with van der Waals surface area (Å²) in [4.78, 5) is 29.2. The molecular formula is C45H35Cl2N3O6. The fraction of sp³-hybridized carbons (Fsp3) is 0.0889. The second kappa shape index (κ2) is 16.4. The van der Waals surface area contributed by atoms with Gasteiger partial charge in [0.1, 0.15) is 11.5 Å². The maximum Gasteiger partial charge on any atom is 0.256 e. The van der Waals surface area contributed by atoms with Crippen molar-refractivity contribution in [2.24, 2.45) is 0 Å². The molecule has 2 N–H and O–H groups in total. The van der Waals surface area contributed by atoms with E-state index in [0.717, 1.165) is 67.4 Å². The average molecular weight is 785 g/mol. The molecule has 0 fully saturated rings. The minimum Gasteiger partial charge on any atom is -0.497 e. The maximum absolute atomic E-state index is 12.7. The van der Waals surface area contributed by atoms with Crippen molar-refractivity contribution in [2.45, 2.75) is 0 Å². The average Bonchev–Trinajstić information content (AvgIpc) is 3.70. The van der Waals surface area contributed by atoms with Gasteiger partial charge in [-0.25, -0.2) is 0 Å². The number of nitrogens with zero attached hydrogens (tertiary/aromatic N) is 1. The molecule has 11 heteroatoms. The van der Waals surface area contributed by atoms with Crippen LogP contribution in [0.5, 0.6) is 23.0 Å². The Bertz CT molecular complexity index is 2550. The van der Waals surface area contributed by atoms with Gasteiger partial charge >= 0.3 is 0 Å². The molecule has 5 aromatic carbocycles. The fourth-order valence-corrected chi connectivity index (χ4v) is 6.89. The van der Waals surface area contributed by atoms with E-state index in [4.69, 9.17) is 42.1 Å². The Labute approximate surface area is 334 Å². The lowest BCUT2D eigenvalue weighted by Crippen LogP contribution is -2.03. The van der Waals surface area contributed by atoms with E-state index in [9.17, 15) is 9.59 Å². The van der Waals surface area contributed by atoms with Crippen molar-refractivity contribution >= 4 is 69.7 Å². The van der Waals surface area contributed by atoms with Gasteiger partial charge in [-0.1, -0.05) is 47.5 Å². The second-order valence-corrected chi connectivity index (χ2v) is 13.5. The molecule has 0 saturated heterocycles. The first-order chi connectivity index (χ1) is 27.2. The van der Waals surface area contributed by atoms with E-state index in [2.05, 4.69) is 15.6 Å². The molecule has 0 spiro atoms. The number of aromatic nitrogens is 1. The van der Waals surface area contributed by atoms with Crippen LogP contribution in [-0.4, -0.2) is 45.2 Å². The number of halogens is 2. The fourth-order valence-electron chi connectivity index (χ4n) is 6.55. The first-order valence-corrected chi connectivity index (χ1v) is 18.1. The number of rotatable bonds is 8. The summed E-state index contributed by atoms with van der Waals surface area (Å²) in [6.45, 7) is 0. The lowest BCUT2D eigenvalue weighted by molar-refractivity contribution is -0.111. The van der Waals surface area contributed by atoms with Gasteiger partial charge in [0.15, 0.2) is 11.5 Å². The predicted octanol–water partition coefficient (Wildman–Crippen LogP) is 10.4. The molecule has 2 amide bonds. The van der Waals surface area contributed by atoms with Crippen LogP contribution >= 0.6 is 23.2 Å². The summed E-state index contributed by atoms with van der Waals surface area (Å²) in [6.07, 6.45) is 7.21. The van der Waals surface area contributed by atoms with Gasteiger partial charge in [0, 0.05) is 67.2 Å². The van der Waals surface area contributed by atoms with Gasteiger partial charge in [-0.3, -0.25) is 14.6 Å². The maximum atomic E-state index is 12.7. The van der Waals surface area contributed by atoms with Crippen LogP contribution in [0.2, 0.25) is 10.0 Å². The highest BCUT2D eigenvalue weighted by Crippen LogP contribution is 2.41. The predicted molar refractivity (Wildman–Crippen MR) is 224 cm³/mol. The van der Waals surface area contributed by atoms with Gasteiger partial charge in [-0.2, -0.15) is 0 Å². The number of carbonyl (C=O) groups excluding carboxylic acids is 2. The summed E-state index contributed by atoms with van der Waals surface area (Å²) >= 11 is 12.3. The molecule has 0 saturated carbocycles. The molecule has 2 aliphatic rings. The first-order valence-electron chi connectivity index (χ1n) is 17.3. The number of hydrogen-bond donors (Lipinski definition) is 2. The zero-order valence-corrected chi connectivity index (χ0v) is 32.3. The van der Waals surface area contributed by atoms with Crippen LogP contribution in [0.25, 0.3) is 45.6 Å². The van der Waals surface area contributed by atoms with E-state index >= 15 is 0 Å². The van der Waals surface area contributed by atoms with Crippen molar-refractivity contribution in [2.75, 3.05) is 39.1 Å².